The van der Waals surface area contributed by atoms with E-state index in [2.05, 4.69) is 28.2 Å². The fraction of sp³-hybridized carbons (Fsp3) is 0.692. The predicted octanol–water partition coefficient (Wildman–Crippen LogP) is 3.43. The largest absolute Gasteiger partial charge is 0.312 e. The van der Waals surface area contributed by atoms with Gasteiger partial charge in [-0.1, -0.05) is 27.2 Å². The number of halogens is 1. The van der Waals surface area contributed by atoms with Crippen LogP contribution in [0.2, 0.25) is 0 Å². The first-order valence-corrected chi connectivity index (χ1v) is 10.0. The zero-order chi connectivity index (χ0) is 15.2. The molecule has 0 spiro atoms. The molecule has 1 aromatic rings. The third-order valence-corrected chi connectivity index (χ3v) is 7.21. The minimum Gasteiger partial charge on any atom is -0.312 e. The zero-order valence-corrected chi connectivity index (χ0v) is 15.5. The van der Waals surface area contributed by atoms with E-state index in [1.807, 2.05) is 13.8 Å². The van der Waals surface area contributed by atoms with Crippen molar-refractivity contribution in [1.82, 2.24) is 9.62 Å². The molecule has 0 saturated carbocycles. The Morgan fingerprint density at radius 3 is 2.60 bits per heavy atom. The normalized spacial score (nSPS) is 12.2. The SMILES string of the molecule is CCCCN(CC)S(=O)(=O)c1cc(CNCC)sc1Br. The lowest BCUT2D eigenvalue weighted by Crippen LogP contribution is -2.31. The number of hydrogen-bond donors (Lipinski definition) is 1. The Bertz CT molecular complexity index is 514. The zero-order valence-electron chi connectivity index (χ0n) is 12.3. The van der Waals surface area contributed by atoms with Gasteiger partial charge in [0.25, 0.3) is 0 Å². The van der Waals surface area contributed by atoms with Gasteiger partial charge in [0, 0.05) is 24.5 Å². The Balaban J connectivity index is 2.98. The van der Waals surface area contributed by atoms with Crippen LogP contribution in [0.5, 0.6) is 0 Å². The van der Waals surface area contributed by atoms with Crippen LogP contribution in [0.25, 0.3) is 0 Å². The van der Waals surface area contributed by atoms with Crippen LogP contribution in [-0.4, -0.2) is 32.4 Å². The number of unbranched alkanes of at least 4 members (excludes halogenated alkanes) is 1. The summed E-state index contributed by atoms with van der Waals surface area (Å²) in [6, 6.07) is 1.78. The third kappa shape index (κ3) is 4.53. The third-order valence-electron chi connectivity index (χ3n) is 2.99. The second kappa shape index (κ2) is 8.48. The van der Waals surface area contributed by atoms with Crippen molar-refractivity contribution in [2.45, 2.75) is 45.1 Å². The maximum Gasteiger partial charge on any atom is 0.245 e. The highest BCUT2D eigenvalue weighted by molar-refractivity contribution is 9.11. The molecule has 0 radical (unpaired) electrons. The maximum absolute atomic E-state index is 12.7. The predicted molar refractivity (Wildman–Crippen MR) is 88.7 cm³/mol. The Labute approximate surface area is 134 Å². The molecule has 0 saturated heterocycles. The number of sulfonamides is 1. The van der Waals surface area contributed by atoms with Crippen LogP contribution in [0, 0.1) is 0 Å². The quantitative estimate of drug-likeness (QED) is 0.711. The molecule has 4 nitrogen and oxygen atoms in total. The first-order valence-electron chi connectivity index (χ1n) is 6.96. The smallest absolute Gasteiger partial charge is 0.245 e. The van der Waals surface area contributed by atoms with E-state index in [9.17, 15) is 8.42 Å². The van der Waals surface area contributed by atoms with E-state index in [0.717, 1.165) is 24.3 Å². The summed E-state index contributed by atoms with van der Waals surface area (Å²) in [4.78, 5) is 1.43. The monoisotopic (exact) mass is 382 g/mol. The number of rotatable bonds is 9. The summed E-state index contributed by atoms with van der Waals surface area (Å²) in [6.07, 6.45) is 1.88. The number of nitrogens with zero attached hydrogens (tertiary/aromatic N) is 1. The van der Waals surface area contributed by atoms with Crippen LogP contribution in [0.15, 0.2) is 14.7 Å². The fourth-order valence-corrected chi connectivity index (χ4v) is 5.92. The average molecular weight is 383 g/mol. The summed E-state index contributed by atoms with van der Waals surface area (Å²) in [5.41, 5.74) is 0. The van der Waals surface area contributed by atoms with Crippen molar-refractivity contribution in [3.8, 4) is 0 Å². The van der Waals surface area contributed by atoms with E-state index < -0.39 is 10.0 Å². The van der Waals surface area contributed by atoms with Crippen LogP contribution in [0.1, 0.15) is 38.5 Å². The molecule has 1 N–H and O–H groups in total. The van der Waals surface area contributed by atoms with Crippen molar-refractivity contribution in [2.24, 2.45) is 0 Å². The van der Waals surface area contributed by atoms with E-state index in [1.54, 1.807) is 10.4 Å². The second-order valence-corrected chi connectivity index (χ2v) is 8.84. The lowest BCUT2D eigenvalue weighted by molar-refractivity contribution is 0.419. The van der Waals surface area contributed by atoms with Crippen LogP contribution in [0.3, 0.4) is 0 Å². The number of thiophene rings is 1. The van der Waals surface area contributed by atoms with E-state index in [1.165, 1.54) is 11.3 Å². The molecule has 0 bridgehead atoms. The first kappa shape index (κ1) is 18.1. The Morgan fingerprint density at radius 2 is 2.05 bits per heavy atom. The molecule has 0 atom stereocenters. The Kier molecular flexibility index (Phi) is 7.68. The summed E-state index contributed by atoms with van der Waals surface area (Å²) in [7, 11) is -3.39. The Hall–Kier alpha value is 0.0500. The van der Waals surface area contributed by atoms with E-state index in [-0.39, 0.29) is 0 Å². The average Bonchev–Trinajstić information content (AvgIpc) is 2.79. The van der Waals surface area contributed by atoms with Gasteiger partial charge in [0.2, 0.25) is 10.0 Å². The molecular formula is C13H23BrN2O2S2. The lowest BCUT2D eigenvalue weighted by atomic mass is 10.3. The highest BCUT2D eigenvalue weighted by Gasteiger charge is 2.26. The van der Waals surface area contributed by atoms with Gasteiger partial charge >= 0.3 is 0 Å². The molecule has 0 fully saturated rings. The molecule has 0 amide bonds. The van der Waals surface area contributed by atoms with Crippen molar-refractivity contribution in [3.63, 3.8) is 0 Å². The lowest BCUT2D eigenvalue weighted by Gasteiger charge is -2.19. The minimum absolute atomic E-state index is 0.397. The topological polar surface area (TPSA) is 49.4 Å². The maximum atomic E-state index is 12.7. The molecule has 116 valence electrons. The van der Waals surface area contributed by atoms with Crippen molar-refractivity contribution in [1.29, 1.82) is 0 Å². The number of hydrogen-bond acceptors (Lipinski definition) is 4. The molecule has 20 heavy (non-hydrogen) atoms. The van der Waals surface area contributed by atoms with Crippen LogP contribution < -0.4 is 5.32 Å². The van der Waals surface area contributed by atoms with Gasteiger partial charge in [0.05, 0.1) is 3.79 Å². The van der Waals surface area contributed by atoms with Crippen molar-refractivity contribution >= 4 is 37.3 Å². The molecular weight excluding hydrogens is 360 g/mol. The van der Waals surface area contributed by atoms with Crippen LogP contribution in [-0.2, 0) is 16.6 Å². The van der Waals surface area contributed by atoms with E-state index in [0.29, 0.717) is 28.3 Å². The molecule has 0 aliphatic carbocycles. The van der Waals surface area contributed by atoms with Crippen LogP contribution in [0.4, 0.5) is 0 Å². The van der Waals surface area contributed by atoms with Gasteiger partial charge in [-0.05, 0) is 35.0 Å². The number of nitrogens with one attached hydrogen (secondary N) is 1. The van der Waals surface area contributed by atoms with Crippen molar-refractivity contribution in [2.75, 3.05) is 19.6 Å². The molecule has 7 heteroatoms. The summed E-state index contributed by atoms with van der Waals surface area (Å²) < 4.78 is 27.6. The molecule has 0 aromatic carbocycles. The fourth-order valence-electron chi connectivity index (χ4n) is 1.83. The summed E-state index contributed by atoms with van der Waals surface area (Å²) >= 11 is 4.88. The van der Waals surface area contributed by atoms with Crippen LogP contribution >= 0.6 is 27.3 Å². The molecule has 1 aromatic heterocycles. The van der Waals surface area contributed by atoms with Crippen molar-refractivity contribution < 1.29 is 8.42 Å². The standard InChI is InChI=1S/C13H23BrN2O2S2/c1-4-7-8-16(6-3)20(17,18)12-9-11(10-15-5-2)19-13(12)14/h9,15H,4-8,10H2,1-3H3. The van der Waals surface area contributed by atoms with Gasteiger partial charge in [-0.15, -0.1) is 11.3 Å². The minimum atomic E-state index is -3.39. The molecule has 0 unspecified atom stereocenters. The van der Waals surface area contributed by atoms with E-state index >= 15 is 0 Å². The first-order chi connectivity index (χ1) is 9.47. The highest BCUT2D eigenvalue weighted by atomic mass is 79.9. The van der Waals surface area contributed by atoms with E-state index in [4.69, 9.17) is 0 Å². The van der Waals surface area contributed by atoms with Gasteiger partial charge < -0.3 is 5.32 Å². The van der Waals surface area contributed by atoms with Gasteiger partial charge in [0.15, 0.2) is 0 Å². The molecule has 1 heterocycles. The Morgan fingerprint density at radius 1 is 1.35 bits per heavy atom. The van der Waals surface area contributed by atoms with Gasteiger partial charge in [-0.25, -0.2) is 8.42 Å². The summed E-state index contributed by atoms with van der Waals surface area (Å²) in [6.45, 7) is 8.64. The summed E-state index contributed by atoms with van der Waals surface area (Å²) in [5.74, 6) is 0. The molecule has 1 rings (SSSR count). The van der Waals surface area contributed by atoms with Gasteiger partial charge in [0.1, 0.15) is 4.90 Å². The molecule has 0 aliphatic heterocycles. The molecule has 0 aliphatic rings. The second-order valence-electron chi connectivity index (χ2n) is 4.48. The summed E-state index contributed by atoms with van der Waals surface area (Å²) in [5, 5.41) is 3.22. The highest BCUT2D eigenvalue weighted by Crippen LogP contribution is 2.33. The van der Waals surface area contributed by atoms with Gasteiger partial charge in [-0.2, -0.15) is 4.31 Å². The van der Waals surface area contributed by atoms with Gasteiger partial charge in [-0.3, -0.25) is 0 Å². The van der Waals surface area contributed by atoms with Crippen molar-refractivity contribution in [3.05, 3.63) is 14.7 Å².